The van der Waals surface area contributed by atoms with E-state index in [1.807, 2.05) is 50.3 Å². The van der Waals surface area contributed by atoms with Gasteiger partial charge in [-0.05, 0) is 67.4 Å². The van der Waals surface area contributed by atoms with Crippen LogP contribution in [0.25, 0.3) is 10.9 Å². The summed E-state index contributed by atoms with van der Waals surface area (Å²) in [5.41, 5.74) is 1.06. The normalized spacial score (nSPS) is 40.9. The van der Waals surface area contributed by atoms with Gasteiger partial charge in [-0.2, -0.15) is 0 Å². The highest BCUT2D eigenvalue weighted by Gasteiger charge is 2.61. The molecule has 53 heavy (non-hydrogen) atoms. The number of benzene rings is 1. The molecule has 3 saturated heterocycles. The Morgan fingerprint density at radius 2 is 1.92 bits per heavy atom. The van der Waals surface area contributed by atoms with Crippen LogP contribution in [0.3, 0.4) is 0 Å². The Morgan fingerprint density at radius 1 is 1.13 bits per heavy atom. The molecule has 0 unspecified atom stereocenters. The summed E-state index contributed by atoms with van der Waals surface area (Å²) in [5, 5.41) is 24.9. The van der Waals surface area contributed by atoms with E-state index in [0.29, 0.717) is 48.7 Å². The number of hydrogen-bond donors (Lipinski definition) is 3. The number of allylic oxidation sites excluding steroid dienone is 2. The van der Waals surface area contributed by atoms with Crippen molar-refractivity contribution in [3.8, 4) is 0 Å². The standard InChI is InChI=1S/C43H55NO9/c1-7-24(2)37-27(5)17-18-42(53-37)22-32-21-31(52-42)16-15-26(4)36(45)25(3)11-10-13-30-23-49-39-38(28(6)19-33(40(46)50-32)43(30,39)48)51-41(47)35-20-29-12-8-9-14-34(29)44-35/h8-15,19-20,24-25,27,31-33,36-39,44-45,48H,7,16-18,21-23H2,1-6H3/b11-10+,26-15+,30-13+/t24-,25-,27-,31+,32-,33-,36-,37+,38+,39+,42+,43+/m0/s1. The van der Waals surface area contributed by atoms with E-state index in [1.165, 1.54) is 0 Å². The van der Waals surface area contributed by atoms with Crippen molar-refractivity contribution in [3.63, 3.8) is 0 Å². The molecular weight excluding hydrogens is 674 g/mol. The first kappa shape index (κ1) is 37.8. The van der Waals surface area contributed by atoms with Crippen LogP contribution in [0.1, 0.15) is 90.6 Å². The SMILES string of the molecule is CC[C@H](C)[C@H]1O[C@]2(CC[C@@H]1C)C[C@@H]1C[C@@H](C/C=C(\C)[C@@H](O)[C@@H](C)/C=C/C=C3\CO[C@@H]4[C@H](OC(=O)c5cc6ccccc6[nH]5)C(C)=C[C@@H](C(=O)O1)[C@]34O)O2. The van der Waals surface area contributed by atoms with Crippen molar-refractivity contribution >= 4 is 22.8 Å². The quantitative estimate of drug-likeness (QED) is 0.227. The molecular formula is C43H55NO9. The maximum Gasteiger partial charge on any atom is 0.355 e. The van der Waals surface area contributed by atoms with Crippen molar-refractivity contribution in [1.82, 2.24) is 4.98 Å². The van der Waals surface area contributed by atoms with Crippen LogP contribution in [-0.2, 0) is 28.5 Å². The number of rotatable bonds is 4. The summed E-state index contributed by atoms with van der Waals surface area (Å²) in [4.78, 5) is 31.1. The van der Waals surface area contributed by atoms with Gasteiger partial charge in [0.2, 0.25) is 0 Å². The molecule has 3 fully saturated rings. The summed E-state index contributed by atoms with van der Waals surface area (Å²) in [6, 6.07) is 9.29. The van der Waals surface area contributed by atoms with Gasteiger partial charge >= 0.3 is 11.9 Å². The molecule has 1 aliphatic carbocycles. The molecule has 286 valence electrons. The van der Waals surface area contributed by atoms with Crippen molar-refractivity contribution in [2.24, 2.45) is 23.7 Å². The third kappa shape index (κ3) is 7.21. The Morgan fingerprint density at radius 3 is 2.70 bits per heavy atom. The van der Waals surface area contributed by atoms with Crippen molar-refractivity contribution in [2.45, 2.75) is 128 Å². The maximum absolute atomic E-state index is 14.5. The Bertz CT molecular complexity index is 1790. The number of nitrogens with one attached hydrogen (secondary N) is 1. The summed E-state index contributed by atoms with van der Waals surface area (Å²) in [6.07, 6.45) is 9.38. The number of esters is 2. The Labute approximate surface area is 312 Å². The maximum atomic E-state index is 14.5. The lowest BCUT2D eigenvalue weighted by atomic mass is 9.70. The van der Waals surface area contributed by atoms with Crippen LogP contribution in [0, 0.1) is 23.7 Å². The summed E-state index contributed by atoms with van der Waals surface area (Å²) >= 11 is 0. The third-order valence-electron chi connectivity index (χ3n) is 12.4. The fraction of sp³-hybridized carbons (Fsp3) is 0.581. The number of carbonyl (C=O) groups excluding carboxylic acids is 2. The van der Waals surface area contributed by atoms with Crippen molar-refractivity contribution in [2.75, 3.05) is 6.61 Å². The minimum atomic E-state index is -1.87. The van der Waals surface area contributed by atoms with Gasteiger partial charge < -0.3 is 38.9 Å². The molecule has 0 saturated carbocycles. The van der Waals surface area contributed by atoms with Gasteiger partial charge in [-0.15, -0.1) is 0 Å². The lowest BCUT2D eigenvalue weighted by Gasteiger charge is -2.51. The molecule has 2 aromatic rings. The Balaban J connectivity index is 1.24. The predicted octanol–water partition coefficient (Wildman–Crippen LogP) is 6.88. The highest BCUT2D eigenvalue weighted by Crippen LogP contribution is 2.48. The van der Waals surface area contributed by atoms with E-state index in [2.05, 4.69) is 25.8 Å². The second-order valence-electron chi connectivity index (χ2n) is 16.2. The van der Waals surface area contributed by atoms with E-state index in [0.717, 1.165) is 29.3 Å². The summed E-state index contributed by atoms with van der Waals surface area (Å²) in [6.45, 7) is 12.2. The van der Waals surface area contributed by atoms with Gasteiger partial charge in [0, 0.05) is 36.1 Å². The zero-order valence-electron chi connectivity index (χ0n) is 31.7. The topological polar surface area (TPSA) is 137 Å². The number of aromatic nitrogens is 1. The number of para-hydroxylation sites is 1. The van der Waals surface area contributed by atoms with E-state index in [9.17, 15) is 19.8 Å². The highest BCUT2D eigenvalue weighted by atomic mass is 16.7. The molecule has 10 heteroatoms. The molecule has 0 amide bonds. The summed E-state index contributed by atoms with van der Waals surface area (Å²) < 4.78 is 32.4. The number of carbonyl (C=O) groups is 2. The highest BCUT2D eigenvalue weighted by molar-refractivity contribution is 5.95. The first-order valence-corrected chi connectivity index (χ1v) is 19.4. The van der Waals surface area contributed by atoms with Crippen LogP contribution in [-0.4, -0.2) is 81.8 Å². The molecule has 10 nitrogen and oxygen atoms in total. The van der Waals surface area contributed by atoms with E-state index < -0.39 is 53.7 Å². The van der Waals surface area contributed by atoms with Gasteiger partial charge in [0.1, 0.15) is 29.4 Å². The fourth-order valence-corrected chi connectivity index (χ4v) is 9.05. The van der Waals surface area contributed by atoms with Gasteiger partial charge in [0.25, 0.3) is 0 Å². The molecule has 1 aromatic carbocycles. The second-order valence-corrected chi connectivity index (χ2v) is 16.2. The number of fused-ring (bicyclic) bond motifs is 3. The van der Waals surface area contributed by atoms with Gasteiger partial charge in [0.15, 0.2) is 11.9 Å². The van der Waals surface area contributed by atoms with Crippen molar-refractivity contribution in [1.29, 1.82) is 0 Å². The van der Waals surface area contributed by atoms with Crippen LogP contribution in [0.5, 0.6) is 0 Å². The average molecular weight is 730 g/mol. The van der Waals surface area contributed by atoms with Gasteiger partial charge in [-0.3, -0.25) is 4.79 Å². The molecule has 2 bridgehead atoms. The van der Waals surface area contributed by atoms with Crippen molar-refractivity contribution in [3.05, 3.63) is 83.1 Å². The minimum Gasteiger partial charge on any atom is -0.462 e. The first-order chi connectivity index (χ1) is 25.3. The van der Waals surface area contributed by atoms with E-state index in [4.69, 9.17) is 23.7 Å². The lowest BCUT2D eigenvalue weighted by Crippen LogP contribution is -2.59. The van der Waals surface area contributed by atoms with Crippen LogP contribution >= 0.6 is 0 Å². The fourth-order valence-electron chi connectivity index (χ4n) is 9.05. The number of aliphatic hydroxyl groups excluding tert-OH is 1. The second kappa shape index (κ2) is 14.9. The molecule has 1 aromatic heterocycles. The van der Waals surface area contributed by atoms with Crippen LogP contribution in [0.4, 0.5) is 0 Å². The van der Waals surface area contributed by atoms with Crippen LogP contribution in [0.2, 0.25) is 0 Å². The molecule has 0 radical (unpaired) electrons. The van der Waals surface area contributed by atoms with Gasteiger partial charge in [-0.1, -0.05) is 82.7 Å². The zero-order chi connectivity index (χ0) is 37.7. The number of ether oxygens (including phenoxy) is 5. The first-order valence-electron chi connectivity index (χ1n) is 19.4. The number of aromatic amines is 1. The molecule has 4 aliphatic heterocycles. The molecule has 1 spiro atoms. The van der Waals surface area contributed by atoms with Crippen LogP contribution in [0.15, 0.2) is 77.4 Å². The summed E-state index contributed by atoms with van der Waals surface area (Å²) in [7, 11) is 0. The molecule has 7 rings (SSSR count). The average Bonchev–Trinajstić information content (AvgIpc) is 3.73. The lowest BCUT2D eigenvalue weighted by molar-refractivity contribution is -0.340. The van der Waals surface area contributed by atoms with Gasteiger partial charge in [0.05, 0.1) is 24.9 Å². The zero-order valence-corrected chi connectivity index (χ0v) is 31.7. The predicted molar refractivity (Wildman–Crippen MR) is 200 cm³/mol. The number of hydrogen-bond acceptors (Lipinski definition) is 9. The number of H-pyrrole nitrogens is 1. The van der Waals surface area contributed by atoms with Crippen LogP contribution < -0.4 is 0 Å². The van der Waals surface area contributed by atoms with Gasteiger partial charge in [-0.25, -0.2) is 4.79 Å². The molecule has 5 aliphatic rings. The minimum absolute atomic E-state index is 0.00573. The summed E-state index contributed by atoms with van der Waals surface area (Å²) in [5.74, 6) is -2.77. The molecule has 5 heterocycles. The molecule has 12 atom stereocenters. The van der Waals surface area contributed by atoms with E-state index in [-0.39, 0.29) is 30.4 Å². The van der Waals surface area contributed by atoms with E-state index >= 15 is 0 Å². The third-order valence-corrected chi connectivity index (χ3v) is 12.4. The monoisotopic (exact) mass is 729 g/mol. The smallest absolute Gasteiger partial charge is 0.355 e. The molecule has 3 N–H and O–H groups in total. The number of aliphatic hydroxyl groups is 2. The van der Waals surface area contributed by atoms with Crippen molar-refractivity contribution < 1.29 is 43.5 Å². The Kier molecular flexibility index (Phi) is 10.6. The van der Waals surface area contributed by atoms with E-state index in [1.54, 1.807) is 31.2 Å². The largest absolute Gasteiger partial charge is 0.462 e. The Hall–Kier alpha value is -3.54.